The van der Waals surface area contributed by atoms with Crippen molar-refractivity contribution in [2.75, 3.05) is 20.3 Å². The molecule has 1 aromatic carbocycles. The van der Waals surface area contributed by atoms with Crippen LogP contribution in [0.3, 0.4) is 0 Å². The Kier molecular flexibility index (Phi) is 11.6. The summed E-state index contributed by atoms with van der Waals surface area (Å²) in [7, 11) is 1.65. The molecule has 4 aliphatic rings. The van der Waals surface area contributed by atoms with Crippen molar-refractivity contribution in [1.29, 1.82) is 0 Å². The lowest BCUT2D eigenvalue weighted by atomic mass is 9.42. The summed E-state index contributed by atoms with van der Waals surface area (Å²) in [5.74, 6) is -0.960. The van der Waals surface area contributed by atoms with Crippen LogP contribution in [-0.2, 0) is 33.3 Å². The molecule has 1 aromatic rings. The van der Waals surface area contributed by atoms with E-state index in [-0.39, 0.29) is 24.0 Å². The quantitative estimate of drug-likeness (QED) is 0.157. The molecule has 4 fully saturated rings. The lowest BCUT2D eigenvalue weighted by Gasteiger charge is -2.64. The summed E-state index contributed by atoms with van der Waals surface area (Å²) in [6.07, 6.45) is -0.892. The second-order valence-corrected chi connectivity index (χ2v) is 14.3. The Morgan fingerprint density at radius 2 is 1.77 bits per heavy atom. The van der Waals surface area contributed by atoms with Crippen molar-refractivity contribution in [3.05, 3.63) is 42.0 Å². The predicted octanol–water partition coefficient (Wildman–Crippen LogP) is 2.86. The molecular formula is C36H52O11. The first kappa shape index (κ1) is 36.1. The van der Waals surface area contributed by atoms with Gasteiger partial charge in [0.15, 0.2) is 12.6 Å². The summed E-state index contributed by atoms with van der Waals surface area (Å²) in [5, 5.41) is 41.5. The molecule has 0 aromatic heterocycles. The third-order valence-electron chi connectivity index (χ3n) is 11.9. The first-order chi connectivity index (χ1) is 22.5. The molecule has 2 heterocycles. The average molecular weight is 661 g/mol. The molecule has 2 saturated heterocycles. The maximum absolute atomic E-state index is 13.7. The highest BCUT2D eigenvalue weighted by Crippen LogP contribution is 2.64. The number of benzene rings is 1. The summed E-state index contributed by atoms with van der Waals surface area (Å²) in [6.45, 7) is 6.34. The first-order valence-electron chi connectivity index (χ1n) is 17.0. The fourth-order valence-electron chi connectivity index (χ4n) is 8.95. The molecule has 4 N–H and O–H groups in total. The number of carbonyl (C=O) groups excluding carboxylic acids is 2. The van der Waals surface area contributed by atoms with Gasteiger partial charge in [-0.1, -0.05) is 51.1 Å². The summed E-state index contributed by atoms with van der Waals surface area (Å²) in [6, 6.07) is 9.46. The van der Waals surface area contributed by atoms with Crippen LogP contribution in [0.1, 0.15) is 64.9 Å². The molecule has 2 aliphatic carbocycles. The molecule has 2 saturated carbocycles. The maximum Gasteiger partial charge on any atom is 0.331 e. The van der Waals surface area contributed by atoms with Gasteiger partial charge in [0.2, 0.25) is 0 Å². The van der Waals surface area contributed by atoms with Gasteiger partial charge < -0.3 is 48.9 Å². The summed E-state index contributed by atoms with van der Waals surface area (Å²) < 4.78 is 29.9. The van der Waals surface area contributed by atoms with Crippen LogP contribution in [-0.4, -0.2) is 102 Å². The highest BCUT2D eigenvalue weighted by molar-refractivity contribution is 5.87. The van der Waals surface area contributed by atoms with Gasteiger partial charge in [0, 0.05) is 25.0 Å². The van der Waals surface area contributed by atoms with E-state index in [1.54, 1.807) is 13.2 Å². The number of hydrogen-bond donors (Lipinski definition) is 4. The Hall–Kier alpha value is -2.22. The normalized spacial score (nSPS) is 43.8. The van der Waals surface area contributed by atoms with Gasteiger partial charge in [-0.2, -0.15) is 0 Å². The van der Waals surface area contributed by atoms with Crippen LogP contribution in [0.4, 0.5) is 0 Å². The van der Waals surface area contributed by atoms with Crippen molar-refractivity contribution in [2.45, 2.75) is 108 Å². The van der Waals surface area contributed by atoms with Crippen LogP contribution in [0, 0.1) is 34.5 Å². The zero-order chi connectivity index (χ0) is 33.9. The number of rotatable bonds is 11. The summed E-state index contributed by atoms with van der Waals surface area (Å²) >= 11 is 0. The summed E-state index contributed by atoms with van der Waals surface area (Å²) in [4.78, 5) is 27.0. The maximum atomic E-state index is 13.7. The van der Waals surface area contributed by atoms with Crippen molar-refractivity contribution >= 4 is 18.3 Å². The van der Waals surface area contributed by atoms with E-state index in [2.05, 4.69) is 13.8 Å². The van der Waals surface area contributed by atoms with Gasteiger partial charge >= 0.3 is 5.97 Å². The number of aldehydes is 1. The van der Waals surface area contributed by atoms with E-state index in [4.69, 9.17) is 23.7 Å². The average Bonchev–Trinajstić information content (AvgIpc) is 3.54. The molecule has 11 nitrogen and oxygen atoms in total. The van der Waals surface area contributed by atoms with E-state index in [1.807, 2.05) is 37.3 Å². The van der Waals surface area contributed by atoms with E-state index in [0.717, 1.165) is 31.1 Å². The molecule has 47 heavy (non-hydrogen) atoms. The largest absolute Gasteiger partial charge is 0.459 e. The van der Waals surface area contributed by atoms with Crippen molar-refractivity contribution < 1.29 is 53.7 Å². The standard InChI is InChI=1S/C36H52O11/c1-21-10-12-25(45-28(39)13-11-23-8-6-5-7-9-23)32-35(3,16-14-24-15-17-44-33(24)43-4)22(2)18-27(36(21,32)20-38)47-34-31(42)30(41)29(40)26(19-37)46-34/h5-9,11,13,20-22,24-27,29-34,37,40-42H,10,12,14-19H2,1-4H3/b13-11+/t21-,22-,24-,25?,26+,27?,29+,30-,31+,32-,33?,34-,35+,36-/m0/s1. The molecule has 0 radical (unpaired) electrons. The second kappa shape index (κ2) is 15.1. The van der Waals surface area contributed by atoms with E-state index < -0.39 is 72.2 Å². The van der Waals surface area contributed by atoms with Crippen molar-refractivity contribution in [1.82, 2.24) is 0 Å². The van der Waals surface area contributed by atoms with Crippen LogP contribution in [0.25, 0.3) is 6.08 Å². The lowest BCUT2D eigenvalue weighted by molar-refractivity contribution is -0.335. The van der Waals surface area contributed by atoms with Gasteiger partial charge in [0.25, 0.3) is 0 Å². The topological polar surface area (TPSA) is 161 Å². The number of fused-ring (bicyclic) bond motifs is 1. The fourth-order valence-corrected chi connectivity index (χ4v) is 8.95. The van der Waals surface area contributed by atoms with Crippen molar-refractivity contribution in [2.24, 2.45) is 34.5 Å². The zero-order valence-electron chi connectivity index (χ0n) is 27.9. The Morgan fingerprint density at radius 3 is 2.45 bits per heavy atom. The van der Waals surface area contributed by atoms with E-state index >= 15 is 0 Å². The lowest BCUT2D eigenvalue weighted by Crippen LogP contribution is -2.68. The number of carbonyl (C=O) groups is 2. The molecule has 262 valence electrons. The van der Waals surface area contributed by atoms with E-state index in [1.165, 1.54) is 6.08 Å². The van der Waals surface area contributed by atoms with Gasteiger partial charge in [0.05, 0.1) is 24.7 Å². The third kappa shape index (κ3) is 6.96. The second-order valence-electron chi connectivity index (χ2n) is 14.3. The number of methoxy groups -OCH3 is 1. The third-order valence-corrected chi connectivity index (χ3v) is 11.9. The van der Waals surface area contributed by atoms with Crippen LogP contribution in [0.2, 0.25) is 0 Å². The number of ether oxygens (including phenoxy) is 5. The molecule has 0 bridgehead atoms. The minimum Gasteiger partial charge on any atom is -0.459 e. The molecule has 2 aliphatic heterocycles. The van der Waals surface area contributed by atoms with Crippen LogP contribution in [0.15, 0.2) is 36.4 Å². The number of aliphatic hydroxyl groups excluding tert-OH is 4. The van der Waals surface area contributed by atoms with Crippen LogP contribution < -0.4 is 0 Å². The summed E-state index contributed by atoms with van der Waals surface area (Å²) in [5.41, 5.74) is -0.751. The SMILES string of the molecule is COC1OCC[C@@H]1CC[C@]1(C)[C@@H](C)CC(O[C@@H]2O[C@H](CO)[C@@H](O)[C@H](O)[C@H]2O)[C@]2(C=O)[C@@H](C)CCC(OC(=O)/C=C/c3ccccc3)[C@@H]12. The number of hydrogen-bond acceptors (Lipinski definition) is 11. The Morgan fingerprint density at radius 1 is 1.02 bits per heavy atom. The van der Waals surface area contributed by atoms with Crippen molar-refractivity contribution in [3.8, 4) is 0 Å². The minimum atomic E-state index is -1.61. The van der Waals surface area contributed by atoms with E-state index in [0.29, 0.717) is 25.9 Å². The molecule has 0 spiro atoms. The van der Waals surface area contributed by atoms with Gasteiger partial charge in [-0.05, 0) is 67.4 Å². The van der Waals surface area contributed by atoms with Crippen LogP contribution >= 0.6 is 0 Å². The molecule has 0 amide bonds. The number of esters is 1. The predicted molar refractivity (Wildman–Crippen MR) is 170 cm³/mol. The number of aliphatic hydroxyl groups is 4. The smallest absolute Gasteiger partial charge is 0.331 e. The minimum absolute atomic E-state index is 0.0230. The first-order valence-corrected chi connectivity index (χ1v) is 17.0. The molecule has 3 unspecified atom stereocenters. The van der Waals surface area contributed by atoms with E-state index in [9.17, 15) is 30.0 Å². The van der Waals surface area contributed by atoms with Gasteiger partial charge in [-0.3, -0.25) is 0 Å². The Labute approximate surface area is 277 Å². The highest BCUT2D eigenvalue weighted by atomic mass is 16.7. The Bertz CT molecular complexity index is 1220. The molecule has 5 rings (SSSR count). The van der Waals surface area contributed by atoms with Crippen LogP contribution in [0.5, 0.6) is 0 Å². The molecule has 11 heteroatoms. The molecule has 14 atom stereocenters. The van der Waals surface area contributed by atoms with Gasteiger partial charge in [-0.15, -0.1) is 0 Å². The van der Waals surface area contributed by atoms with Crippen molar-refractivity contribution in [3.63, 3.8) is 0 Å². The Balaban J connectivity index is 1.49. The fraction of sp³-hybridized carbons (Fsp3) is 0.722. The zero-order valence-corrected chi connectivity index (χ0v) is 27.9. The van der Waals surface area contributed by atoms with Gasteiger partial charge in [0.1, 0.15) is 36.8 Å². The molecular weight excluding hydrogens is 608 g/mol. The highest BCUT2D eigenvalue weighted by Gasteiger charge is 2.66. The monoisotopic (exact) mass is 660 g/mol. The van der Waals surface area contributed by atoms with Gasteiger partial charge in [-0.25, -0.2) is 4.79 Å².